The minimum Gasteiger partial charge on any atom is -0.310 e. The summed E-state index contributed by atoms with van der Waals surface area (Å²) in [7, 11) is 0. The van der Waals surface area contributed by atoms with E-state index in [1.807, 2.05) is 12.1 Å². The Morgan fingerprint density at radius 3 is 2.65 bits per heavy atom. The Kier molecular flexibility index (Phi) is 5.57. The number of nitrogens with one attached hydrogen (secondary N) is 1. The topological polar surface area (TPSA) is 24.9 Å². The van der Waals surface area contributed by atoms with Gasteiger partial charge < -0.3 is 5.32 Å². The predicted molar refractivity (Wildman–Crippen MR) is 84.8 cm³/mol. The summed E-state index contributed by atoms with van der Waals surface area (Å²) in [4.78, 5) is 6.97. The van der Waals surface area contributed by atoms with Gasteiger partial charge in [0, 0.05) is 22.4 Å². The van der Waals surface area contributed by atoms with Crippen LogP contribution in [0.15, 0.2) is 29.2 Å². The Bertz CT molecular complexity index is 550. The number of rotatable bonds is 6. The lowest BCUT2D eigenvalue weighted by Gasteiger charge is -2.05. The van der Waals surface area contributed by atoms with E-state index in [0.717, 1.165) is 27.9 Å². The van der Waals surface area contributed by atoms with Crippen LogP contribution in [0, 0.1) is 12.7 Å². The van der Waals surface area contributed by atoms with Crippen LogP contribution < -0.4 is 5.32 Å². The number of aryl methyl sites for hydroxylation is 1. The van der Waals surface area contributed by atoms with Crippen molar-refractivity contribution in [2.45, 2.75) is 44.0 Å². The van der Waals surface area contributed by atoms with Gasteiger partial charge in [0.05, 0.1) is 11.4 Å². The molecular formula is C15H19FN2S2. The number of benzene rings is 1. The van der Waals surface area contributed by atoms with Crippen molar-refractivity contribution < 1.29 is 4.39 Å². The van der Waals surface area contributed by atoms with Crippen LogP contribution in [0.5, 0.6) is 0 Å². The summed E-state index contributed by atoms with van der Waals surface area (Å²) in [5.74, 6) is 0.639. The predicted octanol–water partition coefficient (Wildman–Crippen LogP) is 4.38. The largest absolute Gasteiger partial charge is 0.310 e. The summed E-state index contributed by atoms with van der Waals surface area (Å²) in [5.41, 5.74) is 1.11. The molecule has 0 bridgehead atoms. The van der Waals surface area contributed by atoms with Gasteiger partial charge in [0.15, 0.2) is 0 Å². The highest BCUT2D eigenvalue weighted by Gasteiger charge is 2.08. The Morgan fingerprint density at radius 2 is 2.00 bits per heavy atom. The number of halogens is 1. The maximum absolute atomic E-state index is 12.8. The third-order valence-electron chi connectivity index (χ3n) is 2.78. The van der Waals surface area contributed by atoms with Gasteiger partial charge >= 0.3 is 0 Å². The summed E-state index contributed by atoms with van der Waals surface area (Å²) < 4.78 is 12.8. The number of aromatic nitrogens is 1. The van der Waals surface area contributed by atoms with E-state index >= 15 is 0 Å². The van der Waals surface area contributed by atoms with Crippen LogP contribution in [0.25, 0.3) is 0 Å². The summed E-state index contributed by atoms with van der Waals surface area (Å²) in [5, 5.41) is 4.54. The zero-order valence-corrected chi connectivity index (χ0v) is 13.6. The quantitative estimate of drug-likeness (QED) is 0.801. The molecule has 108 valence electrons. The highest BCUT2D eigenvalue weighted by atomic mass is 32.2. The molecule has 0 saturated heterocycles. The van der Waals surface area contributed by atoms with Gasteiger partial charge in [-0.2, -0.15) is 0 Å². The van der Waals surface area contributed by atoms with Crippen molar-refractivity contribution in [1.29, 1.82) is 0 Å². The van der Waals surface area contributed by atoms with Crippen LogP contribution in [-0.2, 0) is 12.3 Å². The molecule has 1 aromatic heterocycles. The van der Waals surface area contributed by atoms with Crippen molar-refractivity contribution in [3.8, 4) is 0 Å². The molecule has 0 spiro atoms. The van der Waals surface area contributed by atoms with Crippen LogP contribution in [0.4, 0.5) is 4.39 Å². The highest BCUT2D eigenvalue weighted by Crippen LogP contribution is 2.27. The molecule has 0 amide bonds. The fourth-order valence-corrected chi connectivity index (χ4v) is 3.60. The van der Waals surface area contributed by atoms with Crippen LogP contribution in [0.3, 0.4) is 0 Å². The Labute approximate surface area is 127 Å². The fourth-order valence-electron chi connectivity index (χ4n) is 1.69. The average molecular weight is 310 g/mol. The zero-order valence-electron chi connectivity index (χ0n) is 11.9. The van der Waals surface area contributed by atoms with E-state index < -0.39 is 0 Å². The van der Waals surface area contributed by atoms with E-state index in [0.29, 0.717) is 6.04 Å². The van der Waals surface area contributed by atoms with E-state index in [2.05, 4.69) is 31.1 Å². The minimum absolute atomic E-state index is 0.193. The van der Waals surface area contributed by atoms with Gasteiger partial charge in [0.2, 0.25) is 0 Å². The first kappa shape index (κ1) is 15.5. The van der Waals surface area contributed by atoms with Crippen molar-refractivity contribution in [3.63, 3.8) is 0 Å². The van der Waals surface area contributed by atoms with Crippen molar-refractivity contribution in [3.05, 3.63) is 45.7 Å². The van der Waals surface area contributed by atoms with Gasteiger partial charge in [0.1, 0.15) is 10.8 Å². The molecular weight excluding hydrogens is 291 g/mol. The van der Waals surface area contributed by atoms with E-state index in [4.69, 9.17) is 0 Å². The molecule has 2 aromatic rings. The lowest BCUT2D eigenvalue weighted by atomic mass is 10.3. The molecule has 1 N–H and O–H groups in total. The molecule has 1 heterocycles. The standard InChI is InChI=1S/C15H19FN2S2/c1-10(2)17-8-14-11(3)18-15(20-14)9-19-13-6-4-12(16)5-7-13/h4-7,10,17H,8-9H2,1-3H3. The number of thiazole rings is 1. The molecule has 0 aliphatic carbocycles. The zero-order chi connectivity index (χ0) is 14.5. The second-order valence-corrected chi connectivity index (χ2v) is 7.11. The fraction of sp³-hybridized carbons (Fsp3) is 0.400. The first-order valence-corrected chi connectivity index (χ1v) is 8.41. The van der Waals surface area contributed by atoms with Crippen LogP contribution >= 0.6 is 23.1 Å². The second-order valence-electron chi connectivity index (χ2n) is 4.89. The molecule has 0 fully saturated rings. The molecule has 5 heteroatoms. The van der Waals surface area contributed by atoms with E-state index in [1.54, 1.807) is 23.1 Å². The van der Waals surface area contributed by atoms with Crippen LogP contribution in [-0.4, -0.2) is 11.0 Å². The lowest BCUT2D eigenvalue weighted by molar-refractivity contribution is 0.591. The molecule has 1 aromatic carbocycles. The van der Waals surface area contributed by atoms with Crippen molar-refractivity contribution in [1.82, 2.24) is 10.3 Å². The van der Waals surface area contributed by atoms with E-state index in [-0.39, 0.29) is 5.82 Å². The van der Waals surface area contributed by atoms with Crippen LogP contribution in [0.2, 0.25) is 0 Å². The molecule has 2 nitrogen and oxygen atoms in total. The normalized spacial score (nSPS) is 11.2. The Hall–Kier alpha value is -0.910. The Balaban J connectivity index is 1.93. The number of thioether (sulfide) groups is 1. The number of hydrogen-bond donors (Lipinski definition) is 1. The molecule has 0 atom stereocenters. The highest BCUT2D eigenvalue weighted by molar-refractivity contribution is 7.98. The molecule has 20 heavy (non-hydrogen) atoms. The first-order valence-electron chi connectivity index (χ1n) is 6.61. The van der Waals surface area contributed by atoms with Crippen LogP contribution in [0.1, 0.15) is 29.4 Å². The van der Waals surface area contributed by atoms with Gasteiger partial charge in [-0.3, -0.25) is 0 Å². The van der Waals surface area contributed by atoms with Gasteiger partial charge in [-0.25, -0.2) is 9.37 Å². The molecule has 0 aliphatic rings. The third-order valence-corrected chi connectivity index (χ3v) is 5.15. The number of hydrogen-bond acceptors (Lipinski definition) is 4. The van der Waals surface area contributed by atoms with Gasteiger partial charge in [-0.1, -0.05) is 13.8 Å². The van der Waals surface area contributed by atoms with Gasteiger partial charge in [-0.05, 0) is 31.2 Å². The monoisotopic (exact) mass is 310 g/mol. The van der Waals surface area contributed by atoms with Gasteiger partial charge in [0.25, 0.3) is 0 Å². The summed E-state index contributed by atoms with van der Waals surface area (Å²) in [6.45, 7) is 7.21. The summed E-state index contributed by atoms with van der Waals surface area (Å²) in [6.07, 6.45) is 0. The molecule has 0 radical (unpaired) electrons. The first-order chi connectivity index (χ1) is 9.54. The average Bonchev–Trinajstić information content (AvgIpc) is 2.76. The minimum atomic E-state index is -0.193. The smallest absolute Gasteiger partial charge is 0.123 e. The SMILES string of the molecule is Cc1nc(CSc2ccc(F)cc2)sc1CNC(C)C. The maximum atomic E-state index is 12.8. The molecule has 0 saturated carbocycles. The molecule has 0 aliphatic heterocycles. The van der Waals surface area contributed by atoms with Crippen molar-refractivity contribution in [2.24, 2.45) is 0 Å². The summed E-state index contributed by atoms with van der Waals surface area (Å²) in [6, 6.07) is 7.08. The van der Waals surface area contributed by atoms with Crippen molar-refractivity contribution >= 4 is 23.1 Å². The van der Waals surface area contributed by atoms with Crippen molar-refractivity contribution in [2.75, 3.05) is 0 Å². The van der Waals surface area contributed by atoms with E-state index in [1.165, 1.54) is 17.0 Å². The second kappa shape index (κ2) is 7.20. The van der Waals surface area contributed by atoms with Gasteiger partial charge in [-0.15, -0.1) is 23.1 Å². The molecule has 2 rings (SSSR count). The maximum Gasteiger partial charge on any atom is 0.123 e. The lowest BCUT2D eigenvalue weighted by Crippen LogP contribution is -2.21. The van der Waals surface area contributed by atoms with E-state index in [9.17, 15) is 4.39 Å². The summed E-state index contributed by atoms with van der Waals surface area (Å²) >= 11 is 3.44. The third kappa shape index (κ3) is 4.58. The number of nitrogens with zero attached hydrogens (tertiary/aromatic N) is 1. The Morgan fingerprint density at radius 1 is 1.30 bits per heavy atom. The molecule has 0 unspecified atom stereocenters.